The van der Waals surface area contributed by atoms with Crippen molar-refractivity contribution in [2.75, 3.05) is 14.2 Å². The molecule has 0 bridgehead atoms. The highest BCUT2D eigenvalue weighted by Gasteiger charge is 2.10. The minimum Gasteiger partial charge on any atom is -0.495 e. The highest BCUT2D eigenvalue weighted by molar-refractivity contribution is 5.78. The molecule has 5 heteroatoms. The van der Waals surface area contributed by atoms with Gasteiger partial charge in [-0.2, -0.15) is 0 Å². The number of aldehydes is 1. The second kappa shape index (κ2) is 6.30. The van der Waals surface area contributed by atoms with Crippen LogP contribution >= 0.6 is 0 Å². The number of ether oxygens (including phenoxy) is 2. The maximum Gasteiger partial charge on any atom is 0.315 e. The maximum atomic E-state index is 10.7. The van der Waals surface area contributed by atoms with Gasteiger partial charge in [0, 0.05) is 5.56 Å². The lowest BCUT2D eigenvalue weighted by atomic mass is 10.1. The van der Waals surface area contributed by atoms with Crippen molar-refractivity contribution >= 4 is 12.3 Å². The summed E-state index contributed by atoms with van der Waals surface area (Å²) in [6.07, 6.45) is 0.390. The van der Waals surface area contributed by atoms with Crippen LogP contribution in [0.15, 0.2) is 12.1 Å². The molecule has 0 aliphatic carbocycles. The zero-order chi connectivity index (χ0) is 13.5. The Labute approximate surface area is 104 Å². The van der Waals surface area contributed by atoms with Crippen molar-refractivity contribution in [3.8, 4) is 23.3 Å². The highest BCUT2D eigenvalue weighted by atomic mass is 16.5. The number of aliphatic carboxylic acids is 1. The molecule has 1 N–H and O–H groups in total. The number of benzene rings is 1. The molecular formula is C13H12O5. The number of carboxylic acids is 1. The first-order valence-corrected chi connectivity index (χ1v) is 5.04. The summed E-state index contributed by atoms with van der Waals surface area (Å²) in [6.45, 7) is 0. The van der Waals surface area contributed by atoms with Gasteiger partial charge in [-0.15, -0.1) is 0 Å². The molecule has 0 saturated carbocycles. The third-order valence-corrected chi connectivity index (χ3v) is 2.12. The van der Waals surface area contributed by atoms with E-state index < -0.39 is 5.97 Å². The summed E-state index contributed by atoms with van der Waals surface area (Å²) >= 11 is 0. The van der Waals surface area contributed by atoms with Gasteiger partial charge in [-0.3, -0.25) is 9.59 Å². The number of hydrogen-bond donors (Lipinski definition) is 1. The zero-order valence-electron chi connectivity index (χ0n) is 10.0. The molecule has 1 rings (SSSR count). The summed E-state index contributed by atoms with van der Waals surface area (Å²) in [5.74, 6) is 4.89. The Morgan fingerprint density at radius 1 is 1.33 bits per heavy atom. The molecular weight excluding hydrogens is 236 g/mol. The first kappa shape index (κ1) is 13.6. The lowest BCUT2D eigenvalue weighted by Crippen LogP contribution is -1.96. The molecule has 1 aromatic rings. The van der Waals surface area contributed by atoms with E-state index in [2.05, 4.69) is 11.8 Å². The summed E-state index contributed by atoms with van der Waals surface area (Å²) in [5.41, 5.74) is 0.819. The smallest absolute Gasteiger partial charge is 0.315 e. The van der Waals surface area contributed by atoms with Crippen molar-refractivity contribution in [2.45, 2.75) is 6.42 Å². The minimum absolute atomic E-state index is 0.276. The van der Waals surface area contributed by atoms with E-state index in [1.807, 2.05) is 0 Å². The van der Waals surface area contributed by atoms with Crippen molar-refractivity contribution < 1.29 is 24.2 Å². The van der Waals surface area contributed by atoms with Crippen LogP contribution in [-0.4, -0.2) is 31.6 Å². The van der Waals surface area contributed by atoms with Crippen LogP contribution in [0.5, 0.6) is 11.5 Å². The van der Waals surface area contributed by atoms with Crippen LogP contribution in [0.25, 0.3) is 0 Å². The van der Waals surface area contributed by atoms with Crippen LogP contribution < -0.4 is 9.47 Å². The minimum atomic E-state index is -1.01. The van der Waals surface area contributed by atoms with Crippen LogP contribution in [0.1, 0.15) is 22.3 Å². The first-order chi connectivity index (χ1) is 8.62. The van der Waals surface area contributed by atoms with Gasteiger partial charge in [0.1, 0.15) is 29.8 Å². The normalized spacial score (nSPS) is 9.00. The molecule has 0 unspecified atom stereocenters. The number of carbonyl (C=O) groups excluding carboxylic acids is 1. The van der Waals surface area contributed by atoms with E-state index in [-0.39, 0.29) is 6.42 Å². The Kier molecular flexibility index (Phi) is 4.76. The van der Waals surface area contributed by atoms with Crippen molar-refractivity contribution in [3.05, 3.63) is 23.3 Å². The third-order valence-electron chi connectivity index (χ3n) is 2.12. The molecule has 94 valence electrons. The van der Waals surface area contributed by atoms with Crippen LogP contribution in [0.4, 0.5) is 0 Å². The summed E-state index contributed by atoms with van der Waals surface area (Å²) in [5, 5.41) is 8.52. The van der Waals surface area contributed by atoms with Crippen molar-refractivity contribution in [3.63, 3.8) is 0 Å². The summed E-state index contributed by atoms with van der Waals surface area (Å²) in [7, 11) is 2.87. The molecule has 0 aliphatic heterocycles. The van der Waals surface area contributed by atoms with Gasteiger partial charge in [-0.1, -0.05) is 11.8 Å². The van der Waals surface area contributed by atoms with E-state index in [1.54, 1.807) is 0 Å². The molecule has 1 aromatic carbocycles. The molecule has 0 radical (unpaired) electrons. The molecule has 0 spiro atoms. The number of hydrogen-bond acceptors (Lipinski definition) is 4. The number of carbonyl (C=O) groups is 2. The van der Waals surface area contributed by atoms with E-state index in [0.717, 1.165) is 0 Å². The van der Waals surface area contributed by atoms with E-state index in [0.29, 0.717) is 28.9 Å². The van der Waals surface area contributed by atoms with Gasteiger partial charge in [0.2, 0.25) is 0 Å². The Bertz CT molecular complexity index is 497. The highest BCUT2D eigenvalue weighted by Crippen LogP contribution is 2.29. The molecule has 0 saturated heterocycles. The van der Waals surface area contributed by atoms with Crippen molar-refractivity contribution in [1.82, 2.24) is 0 Å². The van der Waals surface area contributed by atoms with Crippen LogP contribution in [0.3, 0.4) is 0 Å². The fourth-order valence-electron chi connectivity index (χ4n) is 1.33. The topological polar surface area (TPSA) is 72.8 Å². The van der Waals surface area contributed by atoms with Gasteiger partial charge in [0.25, 0.3) is 0 Å². The third kappa shape index (κ3) is 3.25. The molecule has 0 atom stereocenters. The lowest BCUT2D eigenvalue weighted by molar-refractivity contribution is -0.135. The van der Waals surface area contributed by atoms with Crippen LogP contribution in [-0.2, 0) is 4.79 Å². The lowest BCUT2D eigenvalue weighted by Gasteiger charge is -2.09. The monoisotopic (exact) mass is 248 g/mol. The molecule has 0 aromatic heterocycles. The van der Waals surface area contributed by atoms with Gasteiger partial charge >= 0.3 is 5.97 Å². The quantitative estimate of drug-likeness (QED) is 0.643. The second-order valence-electron chi connectivity index (χ2n) is 3.29. The maximum absolute atomic E-state index is 10.7. The SMILES string of the molecule is COc1cc(C=O)cc(OC)c1C#CCC(=O)O. The largest absolute Gasteiger partial charge is 0.495 e. The van der Waals surface area contributed by atoms with Gasteiger partial charge < -0.3 is 14.6 Å². The Morgan fingerprint density at radius 2 is 1.89 bits per heavy atom. The van der Waals surface area contributed by atoms with Gasteiger partial charge in [-0.05, 0) is 12.1 Å². The van der Waals surface area contributed by atoms with Crippen molar-refractivity contribution in [1.29, 1.82) is 0 Å². The predicted molar refractivity (Wildman–Crippen MR) is 64.1 cm³/mol. The van der Waals surface area contributed by atoms with Gasteiger partial charge in [-0.25, -0.2) is 0 Å². The fraction of sp³-hybridized carbons (Fsp3) is 0.231. The average molecular weight is 248 g/mol. The van der Waals surface area contributed by atoms with E-state index >= 15 is 0 Å². The van der Waals surface area contributed by atoms with E-state index in [4.69, 9.17) is 14.6 Å². The molecule has 0 heterocycles. The predicted octanol–water partition coefficient (Wildman–Crippen LogP) is 1.34. The fourth-order valence-corrected chi connectivity index (χ4v) is 1.33. The molecule has 0 amide bonds. The zero-order valence-corrected chi connectivity index (χ0v) is 10.0. The Hall–Kier alpha value is -2.48. The Morgan fingerprint density at radius 3 is 2.28 bits per heavy atom. The number of rotatable bonds is 4. The van der Waals surface area contributed by atoms with Crippen molar-refractivity contribution in [2.24, 2.45) is 0 Å². The Balaban J connectivity index is 3.25. The molecule has 18 heavy (non-hydrogen) atoms. The standard InChI is InChI=1S/C13H12O5/c1-17-11-6-9(8-14)7-12(18-2)10(11)4-3-5-13(15)16/h6-8H,5H2,1-2H3,(H,15,16). The number of carboxylic acid groups (broad SMARTS) is 1. The number of methoxy groups -OCH3 is 2. The second-order valence-corrected chi connectivity index (χ2v) is 3.29. The molecule has 5 nitrogen and oxygen atoms in total. The van der Waals surface area contributed by atoms with Crippen LogP contribution in [0.2, 0.25) is 0 Å². The van der Waals surface area contributed by atoms with E-state index in [1.165, 1.54) is 26.4 Å². The summed E-state index contributed by atoms with van der Waals surface area (Å²) in [6, 6.07) is 3.03. The van der Waals surface area contributed by atoms with Gasteiger partial charge in [0.05, 0.1) is 14.2 Å². The van der Waals surface area contributed by atoms with E-state index in [9.17, 15) is 9.59 Å². The summed E-state index contributed by atoms with van der Waals surface area (Å²) < 4.78 is 10.2. The van der Waals surface area contributed by atoms with Gasteiger partial charge in [0.15, 0.2) is 0 Å². The summed E-state index contributed by atoms with van der Waals surface area (Å²) in [4.78, 5) is 21.1. The van der Waals surface area contributed by atoms with Crippen LogP contribution in [0, 0.1) is 11.8 Å². The first-order valence-electron chi connectivity index (χ1n) is 5.04. The average Bonchev–Trinajstić information content (AvgIpc) is 2.37. The molecule has 0 aliphatic rings. The molecule has 0 fully saturated rings.